The van der Waals surface area contributed by atoms with Gasteiger partial charge >= 0.3 is 0 Å². The Morgan fingerprint density at radius 1 is 1.23 bits per heavy atom. The van der Waals surface area contributed by atoms with Crippen molar-refractivity contribution in [3.63, 3.8) is 0 Å². The molecular formula is C20H21N5O4S. The highest BCUT2D eigenvalue weighted by Gasteiger charge is 2.29. The van der Waals surface area contributed by atoms with E-state index in [4.69, 9.17) is 0 Å². The highest BCUT2D eigenvalue weighted by molar-refractivity contribution is 7.92. The zero-order chi connectivity index (χ0) is 21.3. The Balaban J connectivity index is 1.72. The van der Waals surface area contributed by atoms with Gasteiger partial charge in [0.15, 0.2) is 0 Å². The lowest BCUT2D eigenvalue weighted by molar-refractivity contribution is -0.384. The molecule has 4 rings (SSSR count). The fraction of sp³-hybridized carbons (Fsp3) is 0.250. The number of anilines is 2. The number of hydrogen-bond acceptors (Lipinski definition) is 6. The van der Waals surface area contributed by atoms with Gasteiger partial charge in [-0.05, 0) is 31.2 Å². The molecule has 0 saturated heterocycles. The molecule has 1 aliphatic rings. The summed E-state index contributed by atoms with van der Waals surface area (Å²) in [5, 5.41) is 18.8. The van der Waals surface area contributed by atoms with Gasteiger partial charge in [-0.25, -0.2) is 8.42 Å². The molecule has 156 valence electrons. The quantitative estimate of drug-likeness (QED) is 0.478. The second kappa shape index (κ2) is 7.79. The molecule has 0 fully saturated rings. The lowest BCUT2D eigenvalue weighted by Crippen LogP contribution is -2.32. The Kier molecular flexibility index (Phi) is 5.17. The van der Waals surface area contributed by atoms with Crippen LogP contribution >= 0.6 is 0 Å². The van der Waals surface area contributed by atoms with E-state index in [1.54, 1.807) is 43.5 Å². The maximum Gasteiger partial charge on any atom is 0.293 e. The van der Waals surface area contributed by atoms with Gasteiger partial charge < -0.3 is 4.90 Å². The van der Waals surface area contributed by atoms with E-state index in [1.165, 1.54) is 16.4 Å². The molecule has 1 aliphatic heterocycles. The van der Waals surface area contributed by atoms with Crippen LogP contribution in [-0.2, 0) is 23.0 Å². The molecule has 0 saturated carbocycles. The van der Waals surface area contributed by atoms with Crippen LogP contribution in [0.5, 0.6) is 0 Å². The smallest absolute Gasteiger partial charge is 0.293 e. The first-order valence-corrected chi connectivity index (χ1v) is 11.0. The van der Waals surface area contributed by atoms with Crippen molar-refractivity contribution >= 4 is 27.1 Å². The van der Waals surface area contributed by atoms with E-state index in [2.05, 4.69) is 10.2 Å². The van der Waals surface area contributed by atoms with Crippen LogP contribution in [-0.4, -0.2) is 36.6 Å². The molecule has 2 aromatic carbocycles. The third-order valence-corrected chi connectivity index (χ3v) is 7.10. The predicted octanol–water partition coefficient (Wildman–Crippen LogP) is 3.10. The fourth-order valence-electron chi connectivity index (χ4n) is 3.72. The van der Waals surface area contributed by atoms with E-state index < -0.39 is 14.9 Å². The van der Waals surface area contributed by atoms with E-state index in [9.17, 15) is 18.5 Å². The highest BCUT2D eigenvalue weighted by atomic mass is 32.2. The van der Waals surface area contributed by atoms with Gasteiger partial charge in [-0.2, -0.15) is 5.10 Å². The van der Waals surface area contributed by atoms with Crippen LogP contribution in [0.2, 0.25) is 0 Å². The first kappa shape index (κ1) is 19.9. The van der Waals surface area contributed by atoms with Crippen molar-refractivity contribution in [2.75, 3.05) is 22.3 Å². The number of rotatable bonds is 6. The summed E-state index contributed by atoms with van der Waals surface area (Å²) < 4.78 is 27.7. The van der Waals surface area contributed by atoms with E-state index >= 15 is 0 Å². The number of aromatic amines is 1. The molecule has 1 aromatic heterocycles. The monoisotopic (exact) mass is 427 g/mol. The minimum atomic E-state index is -3.95. The standard InChI is InChI=1S/C20H21N5O4S/c1-2-24(16-6-4-3-5-7-16)30(28,29)17-8-9-19(20(12-17)25(26)27)23-11-10-18-15(14-23)13-21-22-18/h3-9,12-13H,2,10-11,14H2,1H3,(H,21,22). The summed E-state index contributed by atoms with van der Waals surface area (Å²) in [4.78, 5) is 13.0. The van der Waals surface area contributed by atoms with Gasteiger partial charge in [-0.3, -0.25) is 19.5 Å². The van der Waals surface area contributed by atoms with Gasteiger partial charge in [0.05, 0.1) is 21.7 Å². The van der Waals surface area contributed by atoms with Gasteiger partial charge in [0.1, 0.15) is 5.69 Å². The van der Waals surface area contributed by atoms with Crippen molar-refractivity contribution in [1.82, 2.24) is 10.2 Å². The Morgan fingerprint density at radius 3 is 2.70 bits per heavy atom. The highest BCUT2D eigenvalue weighted by Crippen LogP contribution is 2.35. The van der Waals surface area contributed by atoms with Gasteiger partial charge in [0, 0.05) is 43.4 Å². The van der Waals surface area contributed by atoms with Crippen molar-refractivity contribution in [1.29, 1.82) is 0 Å². The predicted molar refractivity (Wildman–Crippen MR) is 113 cm³/mol. The Labute approximate surface area is 174 Å². The average molecular weight is 427 g/mol. The minimum Gasteiger partial charge on any atom is -0.361 e. The molecule has 10 heteroatoms. The summed E-state index contributed by atoms with van der Waals surface area (Å²) in [5.41, 5.74) is 2.68. The molecule has 3 aromatic rings. The van der Waals surface area contributed by atoms with Crippen LogP contribution in [0, 0.1) is 10.1 Å². The average Bonchev–Trinajstić information content (AvgIpc) is 3.22. The fourth-order valence-corrected chi connectivity index (χ4v) is 5.21. The van der Waals surface area contributed by atoms with Crippen LogP contribution < -0.4 is 9.21 Å². The van der Waals surface area contributed by atoms with Crippen LogP contribution in [0.15, 0.2) is 59.6 Å². The summed E-state index contributed by atoms with van der Waals surface area (Å²) in [5.74, 6) is 0. The molecule has 0 unspecified atom stereocenters. The van der Waals surface area contributed by atoms with E-state index in [0.29, 0.717) is 30.9 Å². The summed E-state index contributed by atoms with van der Waals surface area (Å²) in [6.07, 6.45) is 2.40. The van der Waals surface area contributed by atoms with E-state index in [0.717, 1.165) is 17.3 Å². The SMILES string of the molecule is CCN(c1ccccc1)S(=O)(=O)c1ccc(N2CCc3[nH]ncc3C2)c([N+](=O)[O-])c1. The van der Waals surface area contributed by atoms with Crippen molar-refractivity contribution < 1.29 is 13.3 Å². The number of para-hydroxylation sites is 1. The molecule has 30 heavy (non-hydrogen) atoms. The number of nitrogens with one attached hydrogen (secondary N) is 1. The van der Waals surface area contributed by atoms with Crippen molar-refractivity contribution in [2.45, 2.75) is 24.8 Å². The van der Waals surface area contributed by atoms with E-state index in [-0.39, 0.29) is 17.1 Å². The summed E-state index contributed by atoms with van der Waals surface area (Å²) in [7, 11) is -3.95. The van der Waals surface area contributed by atoms with Crippen LogP contribution in [0.4, 0.5) is 17.1 Å². The molecule has 0 aliphatic carbocycles. The van der Waals surface area contributed by atoms with Gasteiger partial charge in [0.2, 0.25) is 0 Å². The molecule has 0 atom stereocenters. The lowest BCUT2D eigenvalue weighted by Gasteiger charge is -2.28. The summed E-state index contributed by atoms with van der Waals surface area (Å²) in [6, 6.07) is 12.8. The minimum absolute atomic E-state index is 0.107. The largest absolute Gasteiger partial charge is 0.361 e. The van der Waals surface area contributed by atoms with E-state index in [1.807, 2.05) is 4.90 Å². The molecule has 2 heterocycles. The molecule has 0 amide bonds. The van der Waals surface area contributed by atoms with Gasteiger partial charge in [-0.1, -0.05) is 18.2 Å². The number of H-pyrrole nitrogens is 1. The van der Waals surface area contributed by atoms with Crippen LogP contribution in [0.1, 0.15) is 18.2 Å². The Hall–Kier alpha value is -3.40. The second-order valence-electron chi connectivity index (χ2n) is 6.96. The number of sulfonamides is 1. The molecule has 0 radical (unpaired) electrons. The normalized spacial score (nSPS) is 13.7. The zero-order valence-electron chi connectivity index (χ0n) is 16.4. The lowest BCUT2D eigenvalue weighted by atomic mass is 10.1. The topological polar surface area (TPSA) is 112 Å². The number of benzene rings is 2. The molecule has 9 nitrogen and oxygen atoms in total. The maximum atomic E-state index is 13.2. The van der Waals surface area contributed by atoms with Crippen molar-refractivity contribution in [3.8, 4) is 0 Å². The summed E-state index contributed by atoms with van der Waals surface area (Å²) >= 11 is 0. The van der Waals surface area contributed by atoms with Crippen molar-refractivity contribution in [3.05, 3.63) is 76.1 Å². The second-order valence-corrected chi connectivity index (χ2v) is 8.82. The maximum absolute atomic E-state index is 13.2. The number of aromatic nitrogens is 2. The molecular weight excluding hydrogens is 406 g/mol. The molecule has 0 bridgehead atoms. The molecule has 0 spiro atoms. The Morgan fingerprint density at radius 2 is 2.00 bits per heavy atom. The number of nitro benzene ring substituents is 1. The van der Waals surface area contributed by atoms with Gasteiger partial charge in [0.25, 0.3) is 15.7 Å². The first-order valence-electron chi connectivity index (χ1n) is 9.54. The van der Waals surface area contributed by atoms with Gasteiger partial charge in [-0.15, -0.1) is 0 Å². The zero-order valence-corrected chi connectivity index (χ0v) is 17.2. The number of fused-ring (bicyclic) bond motifs is 1. The Bertz CT molecular complexity index is 1180. The van der Waals surface area contributed by atoms with Crippen LogP contribution in [0.25, 0.3) is 0 Å². The third kappa shape index (κ3) is 3.50. The number of nitrogens with zero attached hydrogens (tertiary/aromatic N) is 4. The first-order chi connectivity index (χ1) is 14.4. The molecule has 1 N–H and O–H groups in total. The summed E-state index contributed by atoms with van der Waals surface area (Å²) in [6.45, 7) is 2.98. The number of hydrogen-bond donors (Lipinski definition) is 1. The third-order valence-electron chi connectivity index (χ3n) is 5.20. The van der Waals surface area contributed by atoms with Crippen molar-refractivity contribution in [2.24, 2.45) is 0 Å². The number of nitro groups is 1. The van der Waals surface area contributed by atoms with Crippen LogP contribution in [0.3, 0.4) is 0 Å².